The van der Waals surface area contributed by atoms with Gasteiger partial charge in [0.25, 0.3) is 0 Å². The van der Waals surface area contributed by atoms with Crippen molar-refractivity contribution in [3.05, 3.63) is 29.6 Å². The average molecular weight is 238 g/mol. The third kappa shape index (κ3) is 4.07. The molecule has 0 bridgehead atoms. The predicted molar refractivity (Wildman–Crippen MR) is 67.8 cm³/mol. The van der Waals surface area contributed by atoms with E-state index >= 15 is 0 Å². The van der Waals surface area contributed by atoms with Crippen molar-refractivity contribution in [2.75, 3.05) is 20.8 Å². The minimum atomic E-state index is -0.300. The molecular formula is C13H22N2O2. The fourth-order valence-electron chi connectivity index (χ4n) is 1.70. The lowest BCUT2D eigenvalue weighted by Crippen LogP contribution is -2.35. The number of hydrogen-bond donors (Lipinski definition) is 1. The van der Waals surface area contributed by atoms with Gasteiger partial charge < -0.3 is 14.8 Å². The average Bonchev–Trinajstić information content (AvgIpc) is 2.36. The van der Waals surface area contributed by atoms with Crippen LogP contribution in [0, 0.1) is 6.92 Å². The normalized spacial score (nSPS) is 13.0. The van der Waals surface area contributed by atoms with E-state index in [0.29, 0.717) is 0 Å². The van der Waals surface area contributed by atoms with E-state index in [1.807, 2.05) is 19.2 Å². The smallest absolute Gasteiger partial charge is 0.176 e. The second-order valence-corrected chi connectivity index (χ2v) is 4.00. The summed E-state index contributed by atoms with van der Waals surface area (Å²) >= 11 is 0. The maximum absolute atomic E-state index is 5.33. The number of rotatable bonds is 7. The highest BCUT2D eigenvalue weighted by Crippen LogP contribution is 2.19. The quantitative estimate of drug-likeness (QED) is 0.738. The maximum Gasteiger partial charge on any atom is 0.176 e. The number of nitrogens with one attached hydrogen (secondary N) is 1. The molecule has 1 aromatic rings. The molecule has 0 saturated carbocycles. The SMILES string of the molecule is CCCNC(c1ccc(C)nc1)C(OC)OC. The molecule has 4 nitrogen and oxygen atoms in total. The molecule has 0 aliphatic carbocycles. The van der Waals surface area contributed by atoms with Crippen molar-refractivity contribution < 1.29 is 9.47 Å². The Morgan fingerprint density at radius 2 is 2.00 bits per heavy atom. The summed E-state index contributed by atoms with van der Waals surface area (Å²) in [6, 6.07) is 4.07. The Kier molecular flexibility index (Phi) is 6.11. The van der Waals surface area contributed by atoms with Crippen molar-refractivity contribution in [1.29, 1.82) is 0 Å². The van der Waals surface area contributed by atoms with Gasteiger partial charge in [0.1, 0.15) is 0 Å². The predicted octanol–water partition coefficient (Wildman–Crippen LogP) is 2.05. The van der Waals surface area contributed by atoms with Gasteiger partial charge >= 0.3 is 0 Å². The molecule has 0 fully saturated rings. The largest absolute Gasteiger partial charge is 0.354 e. The number of methoxy groups -OCH3 is 2. The summed E-state index contributed by atoms with van der Waals surface area (Å²) < 4.78 is 10.7. The van der Waals surface area contributed by atoms with Gasteiger partial charge in [-0.25, -0.2) is 0 Å². The monoisotopic (exact) mass is 238 g/mol. The van der Waals surface area contributed by atoms with Crippen LogP contribution < -0.4 is 5.32 Å². The zero-order valence-corrected chi connectivity index (χ0v) is 11.1. The molecule has 0 aliphatic heterocycles. The van der Waals surface area contributed by atoms with Crippen molar-refractivity contribution in [1.82, 2.24) is 10.3 Å². The zero-order valence-electron chi connectivity index (χ0n) is 11.1. The van der Waals surface area contributed by atoms with E-state index in [4.69, 9.17) is 9.47 Å². The molecule has 1 unspecified atom stereocenters. The summed E-state index contributed by atoms with van der Waals surface area (Å²) in [5, 5.41) is 3.42. The Bertz CT molecular complexity index is 310. The molecule has 1 N–H and O–H groups in total. The van der Waals surface area contributed by atoms with E-state index in [2.05, 4.69) is 23.3 Å². The second kappa shape index (κ2) is 7.37. The van der Waals surface area contributed by atoms with E-state index in [1.54, 1.807) is 14.2 Å². The van der Waals surface area contributed by atoms with Gasteiger partial charge in [-0.15, -0.1) is 0 Å². The molecule has 1 rings (SSSR count). The Morgan fingerprint density at radius 3 is 2.47 bits per heavy atom. The highest BCUT2D eigenvalue weighted by atomic mass is 16.7. The standard InChI is InChI=1S/C13H22N2O2/c1-5-8-14-12(13(16-3)17-4)11-7-6-10(2)15-9-11/h6-7,9,12-14H,5,8H2,1-4H3. The number of aromatic nitrogens is 1. The van der Waals surface area contributed by atoms with Crippen LogP contribution in [-0.4, -0.2) is 32.0 Å². The molecule has 0 spiro atoms. The molecule has 96 valence electrons. The molecule has 1 heterocycles. The molecule has 0 aromatic carbocycles. The maximum atomic E-state index is 5.33. The highest BCUT2D eigenvalue weighted by Gasteiger charge is 2.22. The van der Waals surface area contributed by atoms with E-state index in [1.165, 1.54) is 0 Å². The van der Waals surface area contributed by atoms with Gasteiger partial charge in [0.05, 0.1) is 6.04 Å². The Morgan fingerprint density at radius 1 is 1.29 bits per heavy atom. The summed E-state index contributed by atoms with van der Waals surface area (Å²) in [4.78, 5) is 4.31. The summed E-state index contributed by atoms with van der Waals surface area (Å²) in [5.74, 6) is 0. The first-order valence-electron chi connectivity index (χ1n) is 5.94. The molecular weight excluding hydrogens is 216 g/mol. The van der Waals surface area contributed by atoms with Crippen molar-refractivity contribution in [2.45, 2.75) is 32.6 Å². The highest BCUT2D eigenvalue weighted by molar-refractivity contribution is 5.18. The fourth-order valence-corrected chi connectivity index (χ4v) is 1.70. The molecule has 0 aliphatic rings. The van der Waals surface area contributed by atoms with Gasteiger partial charge in [0.15, 0.2) is 6.29 Å². The first-order valence-corrected chi connectivity index (χ1v) is 5.94. The van der Waals surface area contributed by atoms with E-state index in [9.17, 15) is 0 Å². The lowest BCUT2D eigenvalue weighted by Gasteiger charge is -2.26. The van der Waals surface area contributed by atoms with Crippen molar-refractivity contribution >= 4 is 0 Å². The van der Waals surface area contributed by atoms with Gasteiger partial charge in [0, 0.05) is 26.1 Å². The van der Waals surface area contributed by atoms with Gasteiger partial charge in [0.2, 0.25) is 0 Å². The molecule has 0 saturated heterocycles. The van der Waals surface area contributed by atoms with Crippen molar-refractivity contribution in [3.8, 4) is 0 Å². The van der Waals surface area contributed by atoms with Crippen LogP contribution in [0.5, 0.6) is 0 Å². The summed E-state index contributed by atoms with van der Waals surface area (Å²) in [6.45, 7) is 5.02. The van der Waals surface area contributed by atoms with Gasteiger partial charge in [-0.2, -0.15) is 0 Å². The van der Waals surface area contributed by atoms with Gasteiger partial charge in [-0.3, -0.25) is 4.98 Å². The van der Waals surface area contributed by atoms with Crippen LogP contribution in [-0.2, 0) is 9.47 Å². The topological polar surface area (TPSA) is 43.4 Å². The van der Waals surface area contributed by atoms with E-state index in [0.717, 1.165) is 24.2 Å². The lowest BCUT2D eigenvalue weighted by molar-refractivity contribution is -0.124. The fraction of sp³-hybridized carbons (Fsp3) is 0.615. The van der Waals surface area contributed by atoms with Crippen LogP contribution in [0.1, 0.15) is 30.6 Å². The van der Waals surface area contributed by atoms with Crippen LogP contribution in [0.3, 0.4) is 0 Å². The molecule has 0 amide bonds. The van der Waals surface area contributed by atoms with Gasteiger partial charge in [-0.05, 0) is 31.5 Å². The number of hydrogen-bond acceptors (Lipinski definition) is 4. The molecule has 17 heavy (non-hydrogen) atoms. The summed E-state index contributed by atoms with van der Waals surface area (Å²) in [6.07, 6.45) is 2.63. The zero-order chi connectivity index (χ0) is 12.7. The Labute approximate surface area is 103 Å². The van der Waals surface area contributed by atoms with Crippen LogP contribution >= 0.6 is 0 Å². The van der Waals surface area contributed by atoms with Crippen LogP contribution in [0.25, 0.3) is 0 Å². The minimum absolute atomic E-state index is 0.0121. The summed E-state index contributed by atoms with van der Waals surface area (Å²) in [5.41, 5.74) is 2.09. The van der Waals surface area contributed by atoms with Crippen LogP contribution in [0.4, 0.5) is 0 Å². The Hall–Kier alpha value is -0.970. The third-order valence-corrected chi connectivity index (χ3v) is 2.64. The third-order valence-electron chi connectivity index (χ3n) is 2.64. The molecule has 0 radical (unpaired) electrons. The number of ether oxygens (including phenoxy) is 2. The molecule has 1 aromatic heterocycles. The first-order chi connectivity index (χ1) is 8.22. The van der Waals surface area contributed by atoms with Crippen LogP contribution in [0.15, 0.2) is 18.3 Å². The minimum Gasteiger partial charge on any atom is -0.354 e. The Balaban J connectivity index is 2.84. The summed E-state index contributed by atoms with van der Waals surface area (Å²) in [7, 11) is 3.30. The van der Waals surface area contributed by atoms with Crippen molar-refractivity contribution in [2.24, 2.45) is 0 Å². The van der Waals surface area contributed by atoms with E-state index in [-0.39, 0.29) is 12.3 Å². The molecule has 1 atom stereocenters. The second-order valence-electron chi connectivity index (χ2n) is 4.00. The number of aryl methyl sites for hydroxylation is 1. The van der Waals surface area contributed by atoms with Crippen molar-refractivity contribution in [3.63, 3.8) is 0 Å². The number of nitrogens with zero attached hydrogens (tertiary/aromatic N) is 1. The molecule has 4 heteroatoms. The van der Waals surface area contributed by atoms with Gasteiger partial charge in [-0.1, -0.05) is 13.0 Å². The lowest BCUT2D eigenvalue weighted by atomic mass is 10.1. The first kappa shape index (κ1) is 14.1. The van der Waals surface area contributed by atoms with E-state index < -0.39 is 0 Å². The number of pyridine rings is 1. The van der Waals surface area contributed by atoms with Crippen LogP contribution in [0.2, 0.25) is 0 Å².